The average molecular weight is 244 g/mol. The van der Waals surface area contributed by atoms with Crippen molar-refractivity contribution in [1.29, 1.82) is 0 Å². The predicted molar refractivity (Wildman–Crippen MR) is 50.0 cm³/mol. The fourth-order valence-corrected chi connectivity index (χ4v) is 1.01. The molecule has 0 spiro atoms. The maximum atomic E-state index is 10.7. The molecule has 3 N–H and O–H groups in total. The summed E-state index contributed by atoms with van der Waals surface area (Å²) in [7, 11) is 0. The zero-order valence-electron chi connectivity index (χ0n) is 8.36. The van der Waals surface area contributed by atoms with Gasteiger partial charge >= 0.3 is 17.9 Å². The number of ether oxygens (including phenoxy) is 1. The number of carbonyl (C=O) groups is 3. The van der Waals surface area contributed by atoms with Gasteiger partial charge in [0.25, 0.3) is 0 Å². The van der Waals surface area contributed by atoms with E-state index in [2.05, 4.69) is 9.84 Å². The molecule has 0 radical (unpaired) electrons. The van der Waals surface area contributed by atoms with E-state index >= 15 is 0 Å². The minimum atomic E-state index is -1.39. The molecule has 0 unspecified atom stereocenters. The Hall–Kier alpha value is -2.58. The van der Waals surface area contributed by atoms with Crippen LogP contribution >= 0.6 is 0 Å². The molecule has 1 aromatic heterocycles. The molecular weight excluding hydrogens is 236 g/mol. The summed E-state index contributed by atoms with van der Waals surface area (Å²) in [6.07, 6.45) is 0.952. The Morgan fingerprint density at radius 2 is 1.88 bits per heavy atom. The van der Waals surface area contributed by atoms with Gasteiger partial charge in [0.15, 0.2) is 6.61 Å². The van der Waals surface area contributed by atoms with Gasteiger partial charge in [-0.2, -0.15) is 0 Å². The maximum Gasteiger partial charge on any atom is 0.342 e. The first kappa shape index (κ1) is 12.5. The van der Waals surface area contributed by atoms with Crippen molar-refractivity contribution in [2.45, 2.75) is 6.54 Å². The van der Waals surface area contributed by atoms with Gasteiger partial charge in [-0.1, -0.05) is 0 Å². The van der Waals surface area contributed by atoms with Crippen LogP contribution in [0.1, 0.15) is 10.4 Å². The summed E-state index contributed by atoms with van der Waals surface area (Å²) in [6.45, 7) is -1.30. The van der Waals surface area contributed by atoms with Gasteiger partial charge in [-0.25, -0.2) is 9.59 Å². The van der Waals surface area contributed by atoms with Crippen LogP contribution in [0.3, 0.4) is 0 Å². The van der Waals surface area contributed by atoms with Crippen molar-refractivity contribution in [3.63, 3.8) is 0 Å². The maximum absolute atomic E-state index is 10.7. The van der Waals surface area contributed by atoms with Crippen molar-refractivity contribution < 1.29 is 34.4 Å². The Balaban J connectivity index is 2.92. The van der Waals surface area contributed by atoms with Gasteiger partial charge in [-0.15, -0.1) is 5.10 Å². The molecule has 1 heterocycles. The Bertz CT molecular complexity index is 464. The molecule has 92 valence electrons. The monoisotopic (exact) mass is 244 g/mol. The standard InChI is InChI=1S/C8H8N2O7/c11-5(12)2-10-1-4(8(15)16)7(9-10)17-3-6(13)14/h1H,2-3H2,(H,11,12)(H,13,14)(H,15,16). The fraction of sp³-hybridized carbons (Fsp3) is 0.250. The smallest absolute Gasteiger partial charge is 0.342 e. The molecule has 0 aliphatic rings. The summed E-state index contributed by atoms with van der Waals surface area (Å²) in [5, 5.41) is 29.1. The first-order valence-electron chi connectivity index (χ1n) is 4.27. The fourth-order valence-electron chi connectivity index (χ4n) is 1.01. The van der Waals surface area contributed by atoms with Gasteiger partial charge in [0.2, 0.25) is 5.88 Å². The van der Waals surface area contributed by atoms with Crippen LogP contribution in [0.5, 0.6) is 5.88 Å². The first-order valence-corrected chi connectivity index (χ1v) is 4.27. The lowest BCUT2D eigenvalue weighted by atomic mass is 10.3. The van der Waals surface area contributed by atoms with Gasteiger partial charge in [-0.05, 0) is 0 Å². The van der Waals surface area contributed by atoms with E-state index < -0.39 is 42.5 Å². The molecular formula is C8H8N2O7. The van der Waals surface area contributed by atoms with Crippen molar-refractivity contribution in [3.8, 4) is 5.88 Å². The number of hydrogen-bond donors (Lipinski definition) is 3. The van der Waals surface area contributed by atoms with E-state index in [9.17, 15) is 14.4 Å². The largest absolute Gasteiger partial charge is 0.480 e. The van der Waals surface area contributed by atoms with Gasteiger partial charge in [0.1, 0.15) is 12.1 Å². The number of carboxylic acids is 3. The third-order valence-electron chi connectivity index (χ3n) is 1.59. The van der Waals surface area contributed by atoms with Crippen LogP contribution in [-0.4, -0.2) is 49.6 Å². The van der Waals surface area contributed by atoms with Crippen molar-refractivity contribution in [2.24, 2.45) is 0 Å². The van der Waals surface area contributed by atoms with Crippen LogP contribution in [-0.2, 0) is 16.1 Å². The minimum Gasteiger partial charge on any atom is -0.480 e. The zero-order chi connectivity index (χ0) is 13.0. The second-order valence-electron chi connectivity index (χ2n) is 2.93. The molecule has 1 aromatic rings. The minimum absolute atomic E-state index is 0.396. The lowest BCUT2D eigenvalue weighted by molar-refractivity contribution is -0.140. The molecule has 0 aliphatic heterocycles. The molecule has 0 aliphatic carbocycles. The number of rotatable bonds is 6. The highest BCUT2D eigenvalue weighted by atomic mass is 16.5. The lowest BCUT2D eigenvalue weighted by Gasteiger charge is -1.99. The highest BCUT2D eigenvalue weighted by molar-refractivity contribution is 5.90. The molecule has 9 nitrogen and oxygen atoms in total. The Morgan fingerprint density at radius 1 is 1.24 bits per heavy atom. The summed E-state index contributed by atoms with van der Waals surface area (Å²) in [5.74, 6) is -4.33. The van der Waals surface area contributed by atoms with Gasteiger partial charge in [0.05, 0.1) is 0 Å². The number of carboxylic acid groups (broad SMARTS) is 3. The Morgan fingerprint density at radius 3 is 2.35 bits per heavy atom. The normalized spacial score (nSPS) is 9.88. The van der Waals surface area contributed by atoms with Crippen LogP contribution in [0, 0.1) is 0 Å². The second-order valence-corrected chi connectivity index (χ2v) is 2.93. The number of aromatic carboxylic acids is 1. The molecule has 0 bridgehead atoms. The number of aliphatic carboxylic acids is 2. The number of aromatic nitrogens is 2. The van der Waals surface area contributed by atoms with E-state index in [0.29, 0.717) is 0 Å². The first-order chi connectivity index (χ1) is 7.90. The molecule has 1 rings (SSSR count). The molecule has 0 aromatic carbocycles. The van der Waals surface area contributed by atoms with Crippen molar-refractivity contribution >= 4 is 17.9 Å². The summed E-state index contributed by atoms with van der Waals surface area (Å²) in [6, 6.07) is 0. The third kappa shape index (κ3) is 3.48. The highest BCUT2D eigenvalue weighted by Gasteiger charge is 2.18. The van der Waals surface area contributed by atoms with Crippen LogP contribution < -0.4 is 4.74 Å². The number of hydrogen-bond acceptors (Lipinski definition) is 5. The summed E-state index contributed by atoms with van der Waals surface area (Å²) < 4.78 is 5.45. The van der Waals surface area contributed by atoms with Crippen LogP contribution in [0.2, 0.25) is 0 Å². The SMILES string of the molecule is O=C(O)COc1nn(CC(=O)O)cc1C(=O)O. The van der Waals surface area contributed by atoms with Gasteiger partial charge in [-0.3, -0.25) is 9.48 Å². The van der Waals surface area contributed by atoms with Crippen LogP contribution in [0.15, 0.2) is 6.20 Å². The third-order valence-corrected chi connectivity index (χ3v) is 1.59. The zero-order valence-corrected chi connectivity index (χ0v) is 8.36. The van der Waals surface area contributed by atoms with E-state index in [1.807, 2.05) is 0 Å². The van der Waals surface area contributed by atoms with Gasteiger partial charge < -0.3 is 20.1 Å². The topological polar surface area (TPSA) is 139 Å². The number of nitrogens with zero attached hydrogens (tertiary/aromatic N) is 2. The Kier molecular flexibility index (Phi) is 3.65. The molecule has 0 saturated carbocycles. The molecule has 0 atom stereocenters. The molecule has 17 heavy (non-hydrogen) atoms. The summed E-state index contributed by atoms with van der Waals surface area (Å²) in [4.78, 5) is 31.4. The second kappa shape index (κ2) is 4.96. The molecule has 0 fully saturated rings. The van der Waals surface area contributed by atoms with Crippen LogP contribution in [0.4, 0.5) is 0 Å². The predicted octanol–water partition coefficient (Wildman–Crippen LogP) is -0.871. The Labute approximate surface area is 93.8 Å². The van der Waals surface area contributed by atoms with E-state index in [0.717, 1.165) is 10.9 Å². The van der Waals surface area contributed by atoms with Crippen molar-refractivity contribution in [2.75, 3.05) is 6.61 Å². The van der Waals surface area contributed by atoms with Crippen molar-refractivity contribution in [1.82, 2.24) is 9.78 Å². The summed E-state index contributed by atoms with van der Waals surface area (Å²) in [5.41, 5.74) is -0.396. The highest BCUT2D eigenvalue weighted by Crippen LogP contribution is 2.15. The van der Waals surface area contributed by atoms with E-state index in [4.69, 9.17) is 15.3 Å². The van der Waals surface area contributed by atoms with Gasteiger partial charge in [0, 0.05) is 6.20 Å². The van der Waals surface area contributed by atoms with Crippen molar-refractivity contribution in [3.05, 3.63) is 11.8 Å². The molecule has 0 amide bonds. The average Bonchev–Trinajstić information content (AvgIpc) is 2.57. The molecule has 0 saturated heterocycles. The summed E-state index contributed by atoms with van der Waals surface area (Å²) >= 11 is 0. The molecule has 9 heteroatoms. The van der Waals surface area contributed by atoms with Crippen LogP contribution in [0.25, 0.3) is 0 Å². The van der Waals surface area contributed by atoms with E-state index in [1.54, 1.807) is 0 Å². The van der Waals surface area contributed by atoms with E-state index in [-0.39, 0.29) is 0 Å². The van der Waals surface area contributed by atoms with E-state index in [1.165, 1.54) is 0 Å². The lowest BCUT2D eigenvalue weighted by Crippen LogP contribution is -2.12. The quantitative estimate of drug-likeness (QED) is 0.586.